The predicted octanol–water partition coefficient (Wildman–Crippen LogP) is 6.41. The Bertz CT molecular complexity index is 1280. The number of nitrogens with zero attached hydrogens (tertiary/aromatic N) is 1. The van der Waals surface area contributed by atoms with E-state index in [1.165, 1.54) is 28.7 Å². The molecular formula is C26H23N3O2S2. The van der Waals surface area contributed by atoms with Gasteiger partial charge in [0.15, 0.2) is 5.13 Å². The van der Waals surface area contributed by atoms with E-state index in [4.69, 9.17) is 0 Å². The number of carbonyl (C=O) groups is 2. The molecule has 1 heterocycles. The molecular weight excluding hydrogens is 450 g/mol. The first kappa shape index (κ1) is 22.8. The van der Waals surface area contributed by atoms with Gasteiger partial charge < -0.3 is 10.6 Å². The van der Waals surface area contributed by atoms with Gasteiger partial charge in [-0.2, -0.15) is 0 Å². The van der Waals surface area contributed by atoms with Crippen molar-refractivity contribution in [1.82, 2.24) is 4.98 Å². The monoisotopic (exact) mass is 473 g/mol. The lowest BCUT2D eigenvalue weighted by Gasteiger charge is -2.09. The molecule has 166 valence electrons. The van der Waals surface area contributed by atoms with E-state index in [1.54, 1.807) is 6.07 Å². The molecule has 0 spiro atoms. The number of hydrogen-bond donors (Lipinski definition) is 2. The summed E-state index contributed by atoms with van der Waals surface area (Å²) in [5.41, 5.74) is 5.32. The predicted molar refractivity (Wildman–Crippen MR) is 137 cm³/mol. The van der Waals surface area contributed by atoms with E-state index in [2.05, 4.69) is 15.6 Å². The summed E-state index contributed by atoms with van der Waals surface area (Å²) in [5.74, 6) is -0.0328. The van der Waals surface area contributed by atoms with Crippen molar-refractivity contribution in [2.45, 2.75) is 18.7 Å². The molecule has 0 aliphatic heterocycles. The molecule has 2 amide bonds. The molecule has 5 nitrogen and oxygen atoms in total. The maximum absolute atomic E-state index is 12.5. The van der Waals surface area contributed by atoms with Crippen molar-refractivity contribution in [3.05, 3.63) is 94.9 Å². The molecule has 0 aliphatic rings. The van der Waals surface area contributed by atoms with Crippen molar-refractivity contribution in [3.8, 4) is 11.3 Å². The number of aryl methyl sites for hydroxylation is 2. The fraction of sp³-hybridized carbons (Fsp3) is 0.115. The van der Waals surface area contributed by atoms with Gasteiger partial charge in [0.25, 0.3) is 5.91 Å². The van der Waals surface area contributed by atoms with Gasteiger partial charge in [0.1, 0.15) is 0 Å². The maximum atomic E-state index is 12.5. The fourth-order valence-corrected chi connectivity index (χ4v) is 4.67. The molecule has 0 atom stereocenters. The lowest BCUT2D eigenvalue weighted by Crippen LogP contribution is -2.14. The third-order valence-corrected chi connectivity index (χ3v) is 6.70. The van der Waals surface area contributed by atoms with Crippen LogP contribution in [0, 0.1) is 13.8 Å². The Labute approximate surface area is 201 Å². The summed E-state index contributed by atoms with van der Waals surface area (Å²) in [4.78, 5) is 30.4. The summed E-state index contributed by atoms with van der Waals surface area (Å²) in [5, 5.41) is 8.31. The van der Waals surface area contributed by atoms with Crippen LogP contribution in [0.1, 0.15) is 21.5 Å². The van der Waals surface area contributed by atoms with Crippen LogP contribution in [0.2, 0.25) is 0 Å². The van der Waals surface area contributed by atoms with Gasteiger partial charge in [0.2, 0.25) is 5.91 Å². The van der Waals surface area contributed by atoms with Crippen molar-refractivity contribution in [2.24, 2.45) is 0 Å². The van der Waals surface area contributed by atoms with Crippen molar-refractivity contribution in [2.75, 3.05) is 16.4 Å². The first-order valence-electron chi connectivity index (χ1n) is 10.4. The topological polar surface area (TPSA) is 71.1 Å². The average Bonchev–Trinajstić information content (AvgIpc) is 3.27. The minimum absolute atomic E-state index is 0.126. The van der Waals surface area contributed by atoms with Crippen LogP contribution >= 0.6 is 23.1 Å². The number of benzene rings is 3. The fourth-order valence-electron chi connectivity index (χ4n) is 3.18. The molecule has 33 heavy (non-hydrogen) atoms. The summed E-state index contributed by atoms with van der Waals surface area (Å²) in [7, 11) is 0. The number of anilines is 2. The van der Waals surface area contributed by atoms with Gasteiger partial charge in [-0.15, -0.1) is 23.1 Å². The zero-order valence-corrected chi connectivity index (χ0v) is 19.9. The minimum atomic E-state index is -0.152. The van der Waals surface area contributed by atoms with Crippen LogP contribution in [0.25, 0.3) is 11.3 Å². The second-order valence-electron chi connectivity index (χ2n) is 7.54. The summed E-state index contributed by atoms with van der Waals surface area (Å²) in [6.45, 7) is 3.95. The minimum Gasteiger partial charge on any atom is -0.322 e. The molecule has 0 saturated heterocycles. The molecule has 4 rings (SSSR count). The van der Waals surface area contributed by atoms with E-state index in [0.717, 1.165) is 21.7 Å². The molecule has 1 aromatic heterocycles. The number of amides is 2. The van der Waals surface area contributed by atoms with Crippen molar-refractivity contribution in [3.63, 3.8) is 0 Å². The number of thioether (sulfide) groups is 1. The summed E-state index contributed by atoms with van der Waals surface area (Å²) >= 11 is 2.81. The van der Waals surface area contributed by atoms with Crippen LogP contribution < -0.4 is 10.6 Å². The second-order valence-corrected chi connectivity index (χ2v) is 9.44. The number of nitrogens with one attached hydrogen (secondary N) is 2. The molecule has 2 N–H and O–H groups in total. The van der Waals surface area contributed by atoms with Crippen molar-refractivity contribution >= 4 is 45.7 Å². The van der Waals surface area contributed by atoms with Crippen LogP contribution in [-0.4, -0.2) is 22.6 Å². The second kappa shape index (κ2) is 10.5. The van der Waals surface area contributed by atoms with Gasteiger partial charge >= 0.3 is 0 Å². The van der Waals surface area contributed by atoms with E-state index in [0.29, 0.717) is 16.4 Å². The lowest BCUT2D eigenvalue weighted by atomic mass is 10.1. The Morgan fingerprint density at radius 3 is 2.52 bits per heavy atom. The van der Waals surface area contributed by atoms with Gasteiger partial charge in [0, 0.05) is 27.1 Å². The molecule has 0 aliphatic carbocycles. The smallest absolute Gasteiger partial charge is 0.255 e. The number of rotatable bonds is 7. The zero-order chi connectivity index (χ0) is 23.2. The van der Waals surface area contributed by atoms with Crippen molar-refractivity contribution in [1.29, 1.82) is 0 Å². The lowest BCUT2D eigenvalue weighted by molar-refractivity contribution is -0.113. The van der Waals surface area contributed by atoms with Gasteiger partial charge in [-0.3, -0.25) is 9.59 Å². The highest BCUT2D eigenvalue weighted by Gasteiger charge is 2.11. The Hall–Kier alpha value is -3.42. The van der Waals surface area contributed by atoms with Crippen LogP contribution in [0.5, 0.6) is 0 Å². The summed E-state index contributed by atoms with van der Waals surface area (Å²) in [6, 6.07) is 23.1. The van der Waals surface area contributed by atoms with Crippen LogP contribution in [0.4, 0.5) is 10.8 Å². The quantitative estimate of drug-likeness (QED) is 0.304. The first-order valence-corrected chi connectivity index (χ1v) is 12.3. The third kappa shape index (κ3) is 6.09. The van der Waals surface area contributed by atoms with Crippen LogP contribution in [0.3, 0.4) is 0 Å². The SMILES string of the molecule is Cc1ccc(-c2csc(NC(=O)CSc3cccc(NC(=O)c4ccccc4C)c3)n2)cc1. The highest BCUT2D eigenvalue weighted by molar-refractivity contribution is 8.00. The van der Waals surface area contributed by atoms with Gasteiger partial charge in [-0.1, -0.05) is 54.1 Å². The van der Waals surface area contributed by atoms with Crippen molar-refractivity contribution < 1.29 is 9.59 Å². The number of aromatic nitrogens is 1. The van der Waals surface area contributed by atoms with E-state index in [1.807, 2.05) is 86.0 Å². The Morgan fingerprint density at radius 2 is 1.73 bits per heavy atom. The van der Waals surface area contributed by atoms with E-state index in [9.17, 15) is 9.59 Å². The molecule has 4 aromatic rings. The molecule has 0 radical (unpaired) electrons. The van der Waals surface area contributed by atoms with Crippen LogP contribution in [-0.2, 0) is 4.79 Å². The van der Waals surface area contributed by atoms with Gasteiger partial charge in [-0.05, 0) is 43.7 Å². The summed E-state index contributed by atoms with van der Waals surface area (Å²) in [6.07, 6.45) is 0. The largest absolute Gasteiger partial charge is 0.322 e. The molecule has 0 fully saturated rings. The highest BCUT2D eigenvalue weighted by Crippen LogP contribution is 2.26. The highest BCUT2D eigenvalue weighted by atomic mass is 32.2. The van der Waals surface area contributed by atoms with Gasteiger partial charge in [0.05, 0.1) is 11.4 Å². The third-order valence-electron chi connectivity index (χ3n) is 4.95. The number of thiazole rings is 1. The number of hydrogen-bond acceptors (Lipinski definition) is 5. The normalized spacial score (nSPS) is 10.6. The Balaban J connectivity index is 1.32. The standard InChI is InChI=1S/C26H23N3O2S2/c1-17-10-12-19(13-11-17)23-15-33-26(28-23)29-24(30)16-32-21-8-5-7-20(14-21)27-25(31)22-9-4-3-6-18(22)2/h3-15H,16H2,1-2H3,(H,27,31)(H,28,29,30). The Morgan fingerprint density at radius 1 is 0.939 bits per heavy atom. The molecule has 0 bridgehead atoms. The average molecular weight is 474 g/mol. The maximum Gasteiger partial charge on any atom is 0.255 e. The summed E-state index contributed by atoms with van der Waals surface area (Å²) < 4.78 is 0. The van der Waals surface area contributed by atoms with Crippen LogP contribution in [0.15, 0.2) is 83.1 Å². The molecule has 0 unspecified atom stereocenters. The molecule has 7 heteroatoms. The number of carbonyl (C=O) groups excluding carboxylic acids is 2. The molecule has 3 aromatic carbocycles. The van der Waals surface area contributed by atoms with E-state index < -0.39 is 0 Å². The Kier molecular flexibility index (Phi) is 7.22. The first-order chi connectivity index (χ1) is 16.0. The van der Waals surface area contributed by atoms with Gasteiger partial charge in [-0.25, -0.2) is 4.98 Å². The zero-order valence-electron chi connectivity index (χ0n) is 18.3. The van der Waals surface area contributed by atoms with E-state index in [-0.39, 0.29) is 17.6 Å². The van der Waals surface area contributed by atoms with E-state index >= 15 is 0 Å². The molecule has 0 saturated carbocycles.